The van der Waals surface area contributed by atoms with Gasteiger partial charge < -0.3 is 14.6 Å². The number of ether oxygens (including phenoxy) is 2. The molecule has 1 aliphatic rings. The Hall–Kier alpha value is -0.900. The summed E-state index contributed by atoms with van der Waals surface area (Å²) < 4.78 is 11.0. The van der Waals surface area contributed by atoms with Crippen LogP contribution >= 0.6 is 0 Å². The van der Waals surface area contributed by atoms with Crippen LogP contribution in [-0.2, 0) is 16.1 Å². The van der Waals surface area contributed by atoms with Crippen LogP contribution in [0.4, 0.5) is 0 Å². The molecule has 0 amide bonds. The molecule has 0 bridgehead atoms. The number of rotatable bonds is 3. The molecular weight excluding hydrogens is 204 g/mol. The molecule has 2 rings (SSSR count). The minimum atomic E-state index is -0.494. The molecule has 1 aromatic rings. The molecule has 0 radical (unpaired) electrons. The predicted molar refractivity (Wildman–Crippen MR) is 61.1 cm³/mol. The lowest BCUT2D eigenvalue weighted by atomic mass is 10.1. The van der Waals surface area contributed by atoms with E-state index in [0.717, 1.165) is 25.0 Å². The Kier molecular flexibility index (Phi) is 4.34. The highest BCUT2D eigenvalue weighted by molar-refractivity contribution is 5.13. The van der Waals surface area contributed by atoms with Crippen LogP contribution in [0.1, 0.15) is 18.4 Å². The monoisotopic (exact) mass is 222 g/mol. The van der Waals surface area contributed by atoms with E-state index in [1.54, 1.807) is 0 Å². The first-order valence-electron chi connectivity index (χ1n) is 5.77. The first kappa shape index (κ1) is 11.6. The topological polar surface area (TPSA) is 38.7 Å². The van der Waals surface area contributed by atoms with E-state index in [-0.39, 0.29) is 6.10 Å². The van der Waals surface area contributed by atoms with Gasteiger partial charge in [0, 0.05) is 6.61 Å². The molecule has 1 heterocycles. The number of aliphatic hydroxyl groups excluding tert-OH is 1. The first-order valence-corrected chi connectivity index (χ1v) is 5.77. The molecule has 1 aromatic carbocycles. The predicted octanol–water partition coefficient (Wildman–Crippen LogP) is 1.74. The van der Waals surface area contributed by atoms with Gasteiger partial charge in [0.25, 0.3) is 0 Å². The molecule has 1 saturated heterocycles. The van der Waals surface area contributed by atoms with Gasteiger partial charge >= 0.3 is 0 Å². The highest BCUT2D eigenvalue weighted by Gasteiger charge is 2.22. The maximum absolute atomic E-state index is 9.78. The summed E-state index contributed by atoms with van der Waals surface area (Å²) in [4.78, 5) is 0. The summed E-state index contributed by atoms with van der Waals surface area (Å²) in [5.74, 6) is 0. The third-order valence-corrected chi connectivity index (χ3v) is 2.80. The summed E-state index contributed by atoms with van der Waals surface area (Å²) in [6, 6.07) is 10.0. The lowest BCUT2D eigenvalue weighted by molar-refractivity contribution is -0.0635. The summed E-state index contributed by atoms with van der Waals surface area (Å²) in [7, 11) is 0. The highest BCUT2D eigenvalue weighted by atomic mass is 16.5. The summed E-state index contributed by atoms with van der Waals surface area (Å²) in [5, 5.41) is 9.78. The molecule has 0 aromatic heterocycles. The van der Waals surface area contributed by atoms with Gasteiger partial charge in [-0.15, -0.1) is 0 Å². The fourth-order valence-corrected chi connectivity index (χ4v) is 1.86. The smallest absolute Gasteiger partial charge is 0.103 e. The zero-order valence-corrected chi connectivity index (χ0v) is 9.34. The lowest BCUT2D eigenvalue weighted by Gasteiger charge is -2.20. The number of hydrogen-bond donors (Lipinski definition) is 1. The van der Waals surface area contributed by atoms with Crippen LogP contribution in [0.2, 0.25) is 0 Å². The number of hydrogen-bond acceptors (Lipinski definition) is 3. The van der Waals surface area contributed by atoms with Crippen molar-refractivity contribution >= 4 is 0 Å². The normalized spacial score (nSPS) is 26.3. The fraction of sp³-hybridized carbons (Fsp3) is 0.538. The summed E-state index contributed by atoms with van der Waals surface area (Å²) in [6.45, 7) is 1.67. The number of aliphatic hydroxyl groups is 1. The Morgan fingerprint density at radius 1 is 1.31 bits per heavy atom. The van der Waals surface area contributed by atoms with Crippen molar-refractivity contribution in [1.29, 1.82) is 0 Å². The standard InChI is InChI=1S/C13H18O3/c14-12-10-15-8-4-7-13(12)16-9-11-5-2-1-3-6-11/h1-3,5-6,12-14H,4,7-10H2/t12-,13+/m1/s1. The van der Waals surface area contributed by atoms with Crippen molar-refractivity contribution in [3.63, 3.8) is 0 Å². The minimum Gasteiger partial charge on any atom is -0.388 e. The van der Waals surface area contributed by atoms with Gasteiger partial charge in [-0.2, -0.15) is 0 Å². The van der Waals surface area contributed by atoms with Crippen molar-refractivity contribution in [1.82, 2.24) is 0 Å². The van der Waals surface area contributed by atoms with Crippen LogP contribution in [0.15, 0.2) is 30.3 Å². The first-order chi connectivity index (χ1) is 7.86. The maximum Gasteiger partial charge on any atom is 0.103 e. The SMILES string of the molecule is O[C@@H]1COCCC[C@@H]1OCc1ccccc1. The minimum absolute atomic E-state index is 0.0947. The van der Waals surface area contributed by atoms with Crippen molar-refractivity contribution in [3.8, 4) is 0 Å². The Labute approximate surface area is 96.0 Å². The molecule has 88 valence electrons. The second-order valence-corrected chi connectivity index (χ2v) is 4.12. The van der Waals surface area contributed by atoms with E-state index in [4.69, 9.17) is 9.47 Å². The Bertz CT molecular complexity index is 299. The van der Waals surface area contributed by atoms with Crippen LogP contribution < -0.4 is 0 Å². The molecule has 0 unspecified atom stereocenters. The van der Waals surface area contributed by atoms with Crippen molar-refractivity contribution in [3.05, 3.63) is 35.9 Å². The Morgan fingerprint density at radius 3 is 2.94 bits per heavy atom. The van der Waals surface area contributed by atoms with E-state index in [1.165, 1.54) is 0 Å². The van der Waals surface area contributed by atoms with Gasteiger partial charge in [0.15, 0.2) is 0 Å². The lowest BCUT2D eigenvalue weighted by Crippen LogP contribution is -2.30. The van der Waals surface area contributed by atoms with Crippen LogP contribution in [0, 0.1) is 0 Å². The van der Waals surface area contributed by atoms with Gasteiger partial charge in [0.2, 0.25) is 0 Å². The van der Waals surface area contributed by atoms with Crippen molar-refractivity contribution in [2.24, 2.45) is 0 Å². The van der Waals surface area contributed by atoms with E-state index < -0.39 is 6.10 Å². The van der Waals surface area contributed by atoms with E-state index in [0.29, 0.717) is 13.2 Å². The van der Waals surface area contributed by atoms with E-state index in [1.807, 2.05) is 30.3 Å². The van der Waals surface area contributed by atoms with Crippen molar-refractivity contribution in [2.45, 2.75) is 31.7 Å². The summed E-state index contributed by atoms with van der Waals surface area (Å²) >= 11 is 0. The average molecular weight is 222 g/mol. The molecule has 2 atom stereocenters. The second kappa shape index (κ2) is 5.99. The molecule has 0 spiro atoms. The molecule has 0 saturated carbocycles. The van der Waals surface area contributed by atoms with E-state index >= 15 is 0 Å². The van der Waals surface area contributed by atoms with Gasteiger partial charge in [-0.25, -0.2) is 0 Å². The van der Waals surface area contributed by atoms with Crippen LogP contribution in [-0.4, -0.2) is 30.5 Å². The van der Waals surface area contributed by atoms with E-state index in [9.17, 15) is 5.11 Å². The van der Waals surface area contributed by atoms with Crippen LogP contribution in [0.25, 0.3) is 0 Å². The molecular formula is C13H18O3. The highest BCUT2D eigenvalue weighted by Crippen LogP contribution is 2.14. The molecule has 0 aliphatic carbocycles. The molecule has 3 heteroatoms. The Balaban J connectivity index is 1.84. The van der Waals surface area contributed by atoms with Crippen molar-refractivity contribution in [2.75, 3.05) is 13.2 Å². The summed E-state index contributed by atoms with van der Waals surface area (Å²) in [5.41, 5.74) is 1.14. The molecule has 1 fully saturated rings. The number of benzene rings is 1. The average Bonchev–Trinajstić information content (AvgIpc) is 2.53. The maximum atomic E-state index is 9.78. The quantitative estimate of drug-likeness (QED) is 0.846. The van der Waals surface area contributed by atoms with Gasteiger partial charge in [-0.1, -0.05) is 30.3 Å². The van der Waals surface area contributed by atoms with Crippen LogP contribution in [0.5, 0.6) is 0 Å². The van der Waals surface area contributed by atoms with Gasteiger partial charge in [-0.05, 0) is 18.4 Å². The fourth-order valence-electron chi connectivity index (χ4n) is 1.86. The largest absolute Gasteiger partial charge is 0.388 e. The molecule has 16 heavy (non-hydrogen) atoms. The van der Waals surface area contributed by atoms with Gasteiger partial charge in [-0.3, -0.25) is 0 Å². The van der Waals surface area contributed by atoms with E-state index in [2.05, 4.69) is 0 Å². The second-order valence-electron chi connectivity index (χ2n) is 4.12. The van der Waals surface area contributed by atoms with Gasteiger partial charge in [0.1, 0.15) is 6.10 Å². The Morgan fingerprint density at radius 2 is 2.12 bits per heavy atom. The zero-order chi connectivity index (χ0) is 11.2. The molecule has 1 aliphatic heterocycles. The summed E-state index contributed by atoms with van der Waals surface area (Å²) in [6.07, 6.45) is 1.23. The molecule has 1 N–H and O–H groups in total. The van der Waals surface area contributed by atoms with Gasteiger partial charge in [0.05, 0.1) is 19.3 Å². The zero-order valence-electron chi connectivity index (χ0n) is 9.34. The van der Waals surface area contributed by atoms with Crippen LogP contribution in [0.3, 0.4) is 0 Å². The third kappa shape index (κ3) is 3.30. The third-order valence-electron chi connectivity index (χ3n) is 2.80. The molecule has 3 nitrogen and oxygen atoms in total. The van der Waals surface area contributed by atoms with Crippen molar-refractivity contribution < 1.29 is 14.6 Å².